The van der Waals surface area contributed by atoms with E-state index in [1.54, 1.807) is 11.3 Å². The van der Waals surface area contributed by atoms with Gasteiger partial charge < -0.3 is 5.32 Å². The van der Waals surface area contributed by atoms with Gasteiger partial charge in [-0.05, 0) is 41.7 Å². The Morgan fingerprint density at radius 3 is 3.00 bits per heavy atom. The Morgan fingerprint density at radius 2 is 2.17 bits per heavy atom. The average molecular weight is 350 g/mol. The lowest BCUT2D eigenvalue weighted by Gasteiger charge is -2.34. The van der Waals surface area contributed by atoms with Crippen LogP contribution in [0.15, 0.2) is 11.4 Å². The first-order valence-corrected chi connectivity index (χ1v) is 9.79. The summed E-state index contributed by atoms with van der Waals surface area (Å²) in [5.74, 6) is 0.856. The van der Waals surface area contributed by atoms with Crippen LogP contribution in [0.4, 0.5) is 4.79 Å². The molecule has 24 heavy (non-hydrogen) atoms. The number of hydrogen-bond donors (Lipinski definition) is 2. The van der Waals surface area contributed by atoms with Gasteiger partial charge in [0.05, 0.1) is 6.54 Å². The molecule has 132 valence electrons. The summed E-state index contributed by atoms with van der Waals surface area (Å²) in [6.07, 6.45) is 4.35. The Kier molecular flexibility index (Phi) is 5.56. The summed E-state index contributed by atoms with van der Waals surface area (Å²) in [5.41, 5.74) is 1.31. The smallest absolute Gasteiger partial charge is 0.321 e. The average Bonchev–Trinajstić information content (AvgIpc) is 2.99. The second-order valence-electron chi connectivity index (χ2n) is 7.23. The molecule has 3 amide bonds. The molecule has 1 aliphatic heterocycles. The van der Waals surface area contributed by atoms with E-state index in [0.29, 0.717) is 11.8 Å². The topological polar surface area (TPSA) is 61.4 Å². The molecule has 2 heterocycles. The second kappa shape index (κ2) is 7.66. The van der Waals surface area contributed by atoms with Crippen LogP contribution >= 0.6 is 11.3 Å². The number of carbonyl (C=O) groups is 2. The lowest BCUT2D eigenvalue weighted by atomic mass is 9.78. The highest BCUT2D eigenvalue weighted by molar-refractivity contribution is 7.10. The first kappa shape index (κ1) is 17.4. The first-order valence-electron chi connectivity index (χ1n) is 8.91. The molecule has 0 bridgehead atoms. The van der Waals surface area contributed by atoms with E-state index in [0.717, 1.165) is 32.4 Å². The predicted molar refractivity (Wildman–Crippen MR) is 95.9 cm³/mol. The number of nitrogens with one attached hydrogen (secondary N) is 2. The van der Waals surface area contributed by atoms with Gasteiger partial charge >= 0.3 is 6.03 Å². The highest BCUT2D eigenvalue weighted by Crippen LogP contribution is 2.29. The number of fused-ring (bicyclic) bond motifs is 1. The molecule has 0 aromatic carbocycles. The van der Waals surface area contributed by atoms with E-state index >= 15 is 0 Å². The monoisotopic (exact) mass is 349 g/mol. The number of hydrogen-bond acceptors (Lipinski definition) is 4. The van der Waals surface area contributed by atoms with E-state index in [9.17, 15) is 9.59 Å². The Hall–Kier alpha value is -1.40. The van der Waals surface area contributed by atoms with E-state index in [1.807, 2.05) is 0 Å². The zero-order chi connectivity index (χ0) is 17.1. The molecule has 2 aliphatic rings. The third-order valence-electron chi connectivity index (χ3n) is 5.53. The lowest BCUT2D eigenvalue weighted by molar-refractivity contribution is -0.121. The fourth-order valence-corrected chi connectivity index (χ4v) is 4.69. The number of imide groups is 1. The molecule has 1 aliphatic carbocycles. The van der Waals surface area contributed by atoms with Crippen molar-refractivity contribution in [2.75, 3.05) is 13.1 Å². The molecule has 3 atom stereocenters. The number of amides is 3. The SMILES string of the molecule is C[C@@H]1[C@H](C)CCC[C@@H]1NC(=O)NC(=O)CN1CCc2sccc2C1. The van der Waals surface area contributed by atoms with Crippen molar-refractivity contribution in [2.24, 2.45) is 11.8 Å². The number of thiophene rings is 1. The molecule has 0 radical (unpaired) electrons. The summed E-state index contributed by atoms with van der Waals surface area (Å²) in [4.78, 5) is 27.8. The first-order chi connectivity index (χ1) is 11.5. The molecule has 0 saturated heterocycles. The molecule has 1 aromatic rings. The normalized spacial score (nSPS) is 27.3. The van der Waals surface area contributed by atoms with Crippen molar-refractivity contribution in [3.63, 3.8) is 0 Å². The van der Waals surface area contributed by atoms with Crippen LogP contribution in [0.25, 0.3) is 0 Å². The fraction of sp³-hybridized carbons (Fsp3) is 0.667. The van der Waals surface area contributed by atoms with Gasteiger partial charge in [0.15, 0.2) is 0 Å². The minimum absolute atomic E-state index is 0.171. The lowest BCUT2D eigenvalue weighted by Crippen LogP contribution is -2.51. The van der Waals surface area contributed by atoms with Crippen LogP contribution in [0.2, 0.25) is 0 Å². The van der Waals surface area contributed by atoms with E-state index in [-0.39, 0.29) is 24.5 Å². The van der Waals surface area contributed by atoms with Crippen molar-refractivity contribution in [1.82, 2.24) is 15.5 Å². The van der Waals surface area contributed by atoms with Gasteiger partial charge in [0.25, 0.3) is 0 Å². The van der Waals surface area contributed by atoms with Gasteiger partial charge in [-0.3, -0.25) is 15.0 Å². The predicted octanol–water partition coefficient (Wildman–Crippen LogP) is 2.76. The van der Waals surface area contributed by atoms with Gasteiger partial charge in [0.2, 0.25) is 5.91 Å². The van der Waals surface area contributed by atoms with Gasteiger partial charge in [0.1, 0.15) is 0 Å². The highest BCUT2D eigenvalue weighted by Gasteiger charge is 2.28. The molecule has 1 fully saturated rings. The van der Waals surface area contributed by atoms with Crippen LogP contribution in [-0.2, 0) is 17.8 Å². The highest BCUT2D eigenvalue weighted by atomic mass is 32.1. The van der Waals surface area contributed by atoms with Crippen molar-refractivity contribution in [3.8, 4) is 0 Å². The summed E-state index contributed by atoms with van der Waals surface area (Å²) < 4.78 is 0. The van der Waals surface area contributed by atoms with Crippen LogP contribution in [0.1, 0.15) is 43.6 Å². The summed E-state index contributed by atoms with van der Waals surface area (Å²) in [5, 5.41) is 7.60. The molecule has 2 N–H and O–H groups in total. The van der Waals surface area contributed by atoms with E-state index in [1.165, 1.54) is 16.9 Å². The molecule has 1 saturated carbocycles. The summed E-state index contributed by atoms with van der Waals surface area (Å²) in [6, 6.07) is 1.95. The van der Waals surface area contributed by atoms with E-state index in [2.05, 4.69) is 40.8 Å². The third kappa shape index (κ3) is 4.16. The quantitative estimate of drug-likeness (QED) is 0.882. The third-order valence-corrected chi connectivity index (χ3v) is 6.55. The van der Waals surface area contributed by atoms with Gasteiger partial charge in [0, 0.05) is 24.0 Å². The van der Waals surface area contributed by atoms with Crippen LogP contribution < -0.4 is 10.6 Å². The van der Waals surface area contributed by atoms with Crippen molar-refractivity contribution in [1.29, 1.82) is 0 Å². The van der Waals surface area contributed by atoms with E-state index in [4.69, 9.17) is 0 Å². The molecule has 6 heteroatoms. The largest absolute Gasteiger partial charge is 0.335 e. The summed E-state index contributed by atoms with van der Waals surface area (Å²) >= 11 is 1.79. The molecule has 0 unspecified atom stereocenters. The van der Waals surface area contributed by atoms with Gasteiger partial charge in [-0.1, -0.05) is 26.7 Å². The van der Waals surface area contributed by atoms with Crippen molar-refractivity contribution in [3.05, 3.63) is 21.9 Å². The maximum Gasteiger partial charge on any atom is 0.321 e. The molecule has 3 rings (SSSR count). The van der Waals surface area contributed by atoms with Crippen molar-refractivity contribution >= 4 is 23.3 Å². The van der Waals surface area contributed by atoms with Crippen LogP contribution in [-0.4, -0.2) is 36.0 Å². The fourth-order valence-electron chi connectivity index (χ4n) is 3.80. The number of nitrogens with zero attached hydrogens (tertiary/aromatic N) is 1. The zero-order valence-electron chi connectivity index (χ0n) is 14.5. The summed E-state index contributed by atoms with van der Waals surface area (Å²) in [7, 11) is 0. The molecule has 1 aromatic heterocycles. The molecule has 5 nitrogen and oxygen atoms in total. The zero-order valence-corrected chi connectivity index (χ0v) is 15.3. The van der Waals surface area contributed by atoms with E-state index < -0.39 is 0 Å². The minimum Gasteiger partial charge on any atom is -0.335 e. The standard InChI is InChI=1S/C18H27N3O2S/c1-12-4-3-5-15(13(12)2)19-18(23)20-17(22)11-21-8-6-16-14(10-21)7-9-24-16/h7,9,12-13,15H,3-6,8,10-11H2,1-2H3,(H2,19,20,22,23)/t12-,13-,15+/m1/s1. The Labute approximate surface area is 147 Å². The second-order valence-corrected chi connectivity index (χ2v) is 8.23. The maximum atomic E-state index is 12.1. The molecular formula is C18H27N3O2S. The Morgan fingerprint density at radius 1 is 1.33 bits per heavy atom. The van der Waals surface area contributed by atoms with Crippen LogP contribution in [0.5, 0.6) is 0 Å². The van der Waals surface area contributed by atoms with Crippen LogP contribution in [0.3, 0.4) is 0 Å². The van der Waals surface area contributed by atoms with Crippen molar-refractivity contribution < 1.29 is 9.59 Å². The Bertz CT molecular complexity index is 601. The maximum absolute atomic E-state index is 12.1. The number of urea groups is 1. The molecular weight excluding hydrogens is 322 g/mol. The van der Waals surface area contributed by atoms with Gasteiger partial charge in [-0.15, -0.1) is 11.3 Å². The van der Waals surface area contributed by atoms with Gasteiger partial charge in [-0.25, -0.2) is 4.79 Å². The number of carbonyl (C=O) groups excluding carboxylic acids is 2. The number of rotatable bonds is 3. The molecule has 0 spiro atoms. The van der Waals surface area contributed by atoms with Crippen molar-refractivity contribution in [2.45, 2.75) is 52.1 Å². The van der Waals surface area contributed by atoms with Crippen LogP contribution in [0, 0.1) is 11.8 Å². The summed E-state index contributed by atoms with van der Waals surface area (Å²) in [6.45, 7) is 6.36. The van der Waals surface area contributed by atoms with Gasteiger partial charge in [-0.2, -0.15) is 0 Å². The Balaban J connectivity index is 1.44. The minimum atomic E-state index is -0.348.